The summed E-state index contributed by atoms with van der Waals surface area (Å²) in [5.74, 6) is 1.09. The van der Waals surface area contributed by atoms with E-state index < -0.39 is 0 Å². The molecule has 6 nitrogen and oxygen atoms in total. The Bertz CT molecular complexity index is 644. The molecule has 0 aliphatic carbocycles. The molecule has 0 saturated carbocycles. The fourth-order valence-electron chi connectivity index (χ4n) is 3.72. The molecule has 6 heteroatoms. The van der Waals surface area contributed by atoms with Gasteiger partial charge in [0.2, 0.25) is 5.91 Å². The third kappa shape index (κ3) is 6.51. The van der Waals surface area contributed by atoms with Crippen LogP contribution >= 0.6 is 0 Å². The quantitative estimate of drug-likeness (QED) is 0.388. The van der Waals surface area contributed by atoms with Gasteiger partial charge in [0.25, 0.3) is 0 Å². The number of likely N-dealkylation sites (N-methyl/N-ethyl adjacent to an activating group) is 1. The standard InChI is InChI=1S/C22H37N5O/c1-5-18-11-7-8-12-19(18)17-25-22(23-6-2)24-14-10-16-27-15-9-13-20(27)21(28)26(3)4/h7-8,11-12,20H,5-6,9-10,13-17H2,1-4H3,(H2,23,24,25). The number of carbonyl (C=O) groups is 1. The molecule has 1 aromatic carbocycles. The molecule has 1 aromatic rings. The van der Waals surface area contributed by atoms with Gasteiger partial charge < -0.3 is 15.5 Å². The van der Waals surface area contributed by atoms with Crippen LogP contribution in [0.5, 0.6) is 0 Å². The predicted octanol–water partition coefficient (Wildman–Crippen LogP) is 2.25. The Morgan fingerprint density at radius 3 is 2.64 bits per heavy atom. The van der Waals surface area contributed by atoms with Gasteiger partial charge in [-0.05, 0) is 50.3 Å². The number of hydrogen-bond donors (Lipinski definition) is 2. The lowest BCUT2D eigenvalue weighted by Crippen LogP contribution is -2.44. The van der Waals surface area contributed by atoms with Gasteiger partial charge in [0.1, 0.15) is 0 Å². The SMILES string of the molecule is CCNC(=NCc1ccccc1CC)NCCCN1CCCC1C(=O)N(C)C. The Balaban J connectivity index is 1.82. The molecular weight excluding hydrogens is 350 g/mol. The van der Waals surface area contributed by atoms with E-state index in [1.54, 1.807) is 4.90 Å². The molecule has 1 saturated heterocycles. The number of likely N-dealkylation sites (tertiary alicyclic amines) is 1. The van der Waals surface area contributed by atoms with E-state index in [1.165, 1.54) is 11.1 Å². The smallest absolute Gasteiger partial charge is 0.239 e. The Labute approximate surface area is 170 Å². The van der Waals surface area contributed by atoms with Gasteiger partial charge in [0.05, 0.1) is 12.6 Å². The van der Waals surface area contributed by atoms with Crippen LogP contribution in [0.4, 0.5) is 0 Å². The highest BCUT2D eigenvalue weighted by Crippen LogP contribution is 2.18. The molecule has 156 valence electrons. The zero-order valence-electron chi connectivity index (χ0n) is 18.0. The summed E-state index contributed by atoms with van der Waals surface area (Å²) >= 11 is 0. The first-order valence-corrected chi connectivity index (χ1v) is 10.6. The second-order valence-corrected chi connectivity index (χ2v) is 7.52. The highest BCUT2D eigenvalue weighted by Gasteiger charge is 2.30. The Morgan fingerprint density at radius 2 is 1.96 bits per heavy atom. The number of benzene rings is 1. The number of nitrogens with one attached hydrogen (secondary N) is 2. The maximum atomic E-state index is 12.3. The molecule has 1 heterocycles. The van der Waals surface area contributed by atoms with Crippen LogP contribution in [0.3, 0.4) is 0 Å². The third-order valence-corrected chi connectivity index (χ3v) is 5.26. The van der Waals surface area contributed by atoms with E-state index in [4.69, 9.17) is 4.99 Å². The molecule has 0 bridgehead atoms. The van der Waals surface area contributed by atoms with Crippen molar-refractivity contribution in [3.05, 3.63) is 35.4 Å². The lowest BCUT2D eigenvalue weighted by molar-refractivity contribution is -0.133. The summed E-state index contributed by atoms with van der Waals surface area (Å²) in [4.78, 5) is 21.1. The summed E-state index contributed by atoms with van der Waals surface area (Å²) in [5, 5.41) is 6.76. The van der Waals surface area contributed by atoms with E-state index in [0.29, 0.717) is 6.54 Å². The van der Waals surface area contributed by atoms with E-state index >= 15 is 0 Å². The molecule has 1 amide bonds. The van der Waals surface area contributed by atoms with Crippen LogP contribution in [-0.4, -0.2) is 68.0 Å². The van der Waals surface area contributed by atoms with Crippen molar-refractivity contribution in [3.8, 4) is 0 Å². The average molecular weight is 388 g/mol. The normalized spacial score (nSPS) is 17.6. The van der Waals surface area contributed by atoms with E-state index in [0.717, 1.165) is 57.8 Å². The molecule has 0 aromatic heterocycles. The van der Waals surface area contributed by atoms with Crippen LogP contribution in [0.1, 0.15) is 44.2 Å². The van der Waals surface area contributed by atoms with E-state index in [9.17, 15) is 4.79 Å². The molecule has 1 aliphatic heterocycles. The van der Waals surface area contributed by atoms with Crippen LogP contribution in [0.25, 0.3) is 0 Å². The Hall–Kier alpha value is -2.08. The van der Waals surface area contributed by atoms with Gasteiger partial charge in [-0.25, -0.2) is 4.99 Å². The molecule has 2 rings (SSSR count). The first-order chi connectivity index (χ1) is 13.6. The maximum Gasteiger partial charge on any atom is 0.239 e. The van der Waals surface area contributed by atoms with Crippen LogP contribution in [-0.2, 0) is 17.8 Å². The first-order valence-electron chi connectivity index (χ1n) is 10.6. The van der Waals surface area contributed by atoms with Crippen LogP contribution in [0.2, 0.25) is 0 Å². The minimum Gasteiger partial charge on any atom is -0.357 e. The zero-order valence-corrected chi connectivity index (χ0v) is 18.0. The molecule has 1 aliphatic rings. The fraction of sp³-hybridized carbons (Fsp3) is 0.636. The summed E-state index contributed by atoms with van der Waals surface area (Å²) in [5.41, 5.74) is 2.64. The van der Waals surface area contributed by atoms with Gasteiger partial charge in [0, 0.05) is 33.7 Å². The summed E-state index contributed by atoms with van der Waals surface area (Å²) < 4.78 is 0. The van der Waals surface area contributed by atoms with E-state index in [-0.39, 0.29) is 11.9 Å². The summed E-state index contributed by atoms with van der Waals surface area (Å²) in [6.45, 7) is 8.59. The van der Waals surface area contributed by atoms with Gasteiger partial charge in [-0.3, -0.25) is 9.69 Å². The zero-order chi connectivity index (χ0) is 20.4. The maximum absolute atomic E-state index is 12.3. The fourth-order valence-corrected chi connectivity index (χ4v) is 3.72. The second-order valence-electron chi connectivity index (χ2n) is 7.52. The second kappa shape index (κ2) is 11.7. The molecule has 0 radical (unpaired) electrons. The number of aliphatic imine (C=N–C) groups is 1. The Kier molecular flexibility index (Phi) is 9.28. The van der Waals surface area contributed by atoms with Crippen LogP contribution in [0, 0.1) is 0 Å². The molecule has 28 heavy (non-hydrogen) atoms. The van der Waals surface area contributed by atoms with Gasteiger partial charge in [-0.15, -0.1) is 0 Å². The Morgan fingerprint density at radius 1 is 1.21 bits per heavy atom. The number of amides is 1. The largest absolute Gasteiger partial charge is 0.357 e. The highest BCUT2D eigenvalue weighted by molar-refractivity contribution is 5.81. The van der Waals surface area contributed by atoms with E-state index in [2.05, 4.69) is 53.6 Å². The van der Waals surface area contributed by atoms with Crippen molar-refractivity contribution in [2.75, 3.05) is 40.3 Å². The van der Waals surface area contributed by atoms with Gasteiger partial charge in [-0.1, -0.05) is 31.2 Å². The molecule has 1 fully saturated rings. The minimum atomic E-state index is 0.0578. The number of guanidine groups is 1. The van der Waals surface area contributed by atoms with Crippen molar-refractivity contribution >= 4 is 11.9 Å². The number of rotatable bonds is 9. The topological polar surface area (TPSA) is 60.0 Å². The lowest BCUT2D eigenvalue weighted by atomic mass is 10.1. The monoisotopic (exact) mass is 387 g/mol. The number of carbonyl (C=O) groups excluding carboxylic acids is 1. The summed E-state index contributed by atoms with van der Waals surface area (Å²) in [6, 6.07) is 8.55. The first kappa shape index (κ1) is 22.2. The summed E-state index contributed by atoms with van der Waals surface area (Å²) in [6.07, 6.45) is 4.11. The number of hydrogen-bond acceptors (Lipinski definition) is 3. The summed E-state index contributed by atoms with van der Waals surface area (Å²) in [7, 11) is 3.69. The minimum absolute atomic E-state index is 0.0578. The highest BCUT2D eigenvalue weighted by atomic mass is 16.2. The molecule has 0 spiro atoms. The van der Waals surface area contributed by atoms with Crippen LogP contribution in [0.15, 0.2) is 29.3 Å². The van der Waals surface area contributed by atoms with Gasteiger partial charge in [-0.2, -0.15) is 0 Å². The van der Waals surface area contributed by atoms with Crippen molar-refractivity contribution in [1.82, 2.24) is 20.4 Å². The predicted molar refractivity (Wildman–Crippen MR) is 117 cm³/mol. The molecular formula is C22H37N5O. The average Bonchev–Trinajstić information content (AvgIpc) is 3.17. The number of nitrogens with zero attached hydrogens (tertiary/aromatic N) is 3. The van der Waals surface area contributed by atoms with Crippen LogP contribution < -0.4 is 10.6 Å². The third-order valence-electron chi connectivity index (χ3n) is 5.26. The lowest BCUT2D eigenvalue weighted by Gasteiger charge is -2.26. The molecule has 2 N–H and O–H groups in total. The van der Waals surface area contributed by atoms with Crippen molar-refractivity contribution < 1.29 is 4.79 Å². The van der Waals surface area contributed by atoms with Crippen molar-refractivity contribution in [1.29, 1.82) is 0 Å². The number of aryl methyl sites for hydroxylation is 1. The van der Waals surface area contributed by atoms with Crippen molar-refractivity contribution in [2.24, 2.45) is 4.99 Å². The van der Waals surface area contributed by atoms with E-state index in [1.807, 2.05) is 14.1 Å². The van der Waals surface area contributed by atoms with Gasteiger partial charge >= 0.3 is 0 Å². The molecule has 1 unspecified atom stereocenters. The molecule has 1 atom stereocenters. The van der Waals surface area contributed by atoms with Gasteiger partial charge in [0.15, 0.2) is 5.96 Å². The van der Waals surface area contributed by atoms with Crippen molar-refractivity contribution in [2.45, 2.75) is 52.1 Å². The van der Waals surface area contributed by atoms with Crippen molar-refractivity contribution in [3.63, 3.8) is 0 Å².